The molecular formula is C17H25ClN2O2. The molecule has 0 radical (unpaired) electrons. The van der Waals surface area contributed by atoms with Gasteiger partial charge in [0.1, 0.15) is 6.10 Å². The lowest BCUT2D eigenvalue weighted by molar-refractivity contribution is -0.132. The lowest BCUT2D eigenvalue weighted by atomic mass is 9.85. The summed E-state index contributed by atoms with van der Waals surface area (Å²) in [5.41, 5.74) is 6.69. The normalized spacial score (nSPS) is 21.8. The van der Waals surface area contributed by atoms with Crippen LogP contribution in [0.4, 0.5) is 0 Å². The number of nitrogens with one attached hydrogen (secondary N) is 1. The maximum atomic E-state index is 12.2. The molecule has 0 spiro atoms. The molecule has 1 aromatic rings. The topological polar surface area (TPSA) is 64.4 Å². The van der Waals surface area contributed by atoms with Gasteiger partial charge in [0.05, 0.1) is 6.10 Å². The molecule has 1 saturated heterocycles. The summed E-state index contributed by atoms with van der Waals surface area (Å²) in [5.74, 6) is -0.0323. The molecule has 122 valence electrons. The molecule has 0 aliphatic carbocycles. The van der Waals surface area contributed by atoms with Gasteiger partial charge in [0.2, 0.25) is 5.91 Å². The van der Waals surface area contributed by atoms with Gasteiger partial charge in [0.25, 0.3) is 0 Å². The van der Waals surface area contributed by atoms with Crippen molar-refractivity contribution in [2.75, 3.05) is 13.1 Å². The zero-order valence-corrected chi connectivity index (χ0v) is 14.0. The smallest absolute Gasteiger partial charge is 0.249 e. The maximum absolute atomic E-state index is 12.2. The lowest BCUT2D eigenvalue weighted by Crippen LogP contribution is -2.41. The van der Waals surface area contributed by atoms with Crippen molar-refractivity contribution in [3.8, 4) is 0 Å². The van der Waals surface area contributed by atoms with Crippen LogP contribution >= 0.6 is 11.6 Å². The lowest BCUT2D eigenvalue weighted by Gasteiger charge is -2.26. The van der Waals surface area contributed by atoms with E-state index in [9.17, 15) is 4.79 Å². The number of nitrogens with two attached hydrogens (primary N) is 1. The molecule has 2 atom stereocenters. The number of carbonyl (C=O) groups is 1. The van der Waals surface area contributed by atoms with Crippen LogP contribution in [-0.4, -0.2) is 31.2 Å². The zero-order chi connectivity index (χ0) is 16.2. The van der Waals surface area contributed by atoms with Crippen molar-refractivity contribution in [2.45, 2.75) is 45.3 Å². The number of carbonyl (C=O) groups excluding carboxylic acids is 1. The van der Waals surface area contributed by atoms with Crippen LogP contribution in [0.5, 0.6) is 0 Å². The SMILES string of the molecule is CC(C)(CNC(=O)[C@@H]1CC[C@H](CN)O1)Cc1cccc(Cl)c1. The summed E-state index contributed by atoms with van der Waals surface area (Å²) in [4.78, 5) is 12.2. The van der Waals surface area contributed by atoms with Crippen LogP contribution < -0.4 is 11.1 Å². The summed E-state index contributed by atoms with van der Waals surface area (Å²) < 4.78 is 5.62. The second kappa shape index (κ2) is 7.44. The molecule has 5 heteroatoms. The fourth-order valence-electron chi connectivity index (χ4n) is 2.77. The summed E-state index contributed by atoms with van der Waals surface area (Å²) in [6.45, 7) is 5.34. The summed E-state index contributed by atoms with van der Waals surface area (Å²) in [7, 11) is 0. The van der Waals surface area contributed by atoms with E-state index in [4.69, 9.17) is 22.1 Å². The Hall–Kier alpha value is -1.10. The van der Waals surface area contributed by atoms with Gasteiger partial charge >= 0.3 is 0 Å². The van der Waals surface area contributed by atoms with Crippen LogP contribution in [0.15, 0.2) is 24.3 Å². The van der Waals surface area contributed by atoms with E-state index in [2.05, 4.69) is 25.2 Å². The van der Waals surface area contributed by atoms with Crippen molar-refractivity contribution in [1.82, 2.24) is 5.32 Å². The largest absolute Gasteiger partial charge is 0.364 e. The van der Waals surface area contributed by atoms with E-state index in [0.29, 0.717) is 13.1 Å². The summed E-state index contributed by atoms with van der Waals surface area (Å²) >= 11 is 6.02. The second-order valence-electron chi connectivity index (χ2n) is 6.75. The van der Waals surface area contributed by atoms with Gasteiger partial charge in [0, 0.05) is 18.1 Å². The number of hydrogen-bond donors (Lipinski definition) is 2. The Labute approximate surface area is 137 Å². The zero-order valence-electron chi connectivity index (χ0n) is 13.3. The monoisotopic (exact) mass is 324 g/mol. The van der Waals surface area contributed by atoms with E-state index in [1.807, 2.05) is 18.2 Å². The molecule has 4 nitrogen and oxygen atoms in total. The Kier molecular flexibility index (Phi) is 5.84. The average molecular weight is 325 g/mol. The van der Waals surface area contributed by atoms with E-state index >= 15 is 0 Å². The molecule has 0 unspecified atom stereocenters. The van der Waals surface area contributed by atoms with Gasteiger partial charge in [0.15, 0.2) is 0 Å². The molecule has 22 heavy (non-hydrogen) atoms. The van der Waals surface area contributed by atoms with Crippen LogP contribution in [0.25, 0.3) is 0 Å². The minimum atomic E-state index is -0.351. The first-order valence-electron chi connectivity index (χ1n) is 7.77. The molecule has 0 aromatic heterocycles. The van der Waals surface area contributed by atoms with Crippen LogP contribution in [0.3, 0.4) is 0 Å². The highest BCUT2D eigenvalue weighted by atomic mass is 35.5. The average Bonchev–Trinajstić information content (AvgIpc) is 2.93. The van der Waals surface area contributed by atoms with E-state index in [1.54, 1.807) is 0 Å². The highest BCUT2D eigenvalue weighted by Crippen LogP contribution is 2.24. The number of hydrogen-bond acceptors (Lipinski definition) is 3. The van der Waals surface area contributed by atoms with Crippen molar-refractivity contribution in [3.05, 3.63) is 34.9 Å². The Morgan fingerprint density at radius 1 is 1.45 bits per heavy atom. The van der Waals surface area contributed by atoms with Crippen LogP contribution in [0.1, 0.15) is 32.3 Å². The van der Waals surface area contributed by atoms with Crippen molar-refractivity contribution in [1.29, 1.82) is 0 Å². The molecule has 3 N–H and O–H groups in total. The molecular weight excluding hydrogens is 300 g/mol. The molecule has 1 aliphatic rings. The highest BCUT2D eigenvalue weighted by Gasteiger charge is 2.30. The fraction of sp³-hybridized carbons (Fsp3) is 0.588. The molecule has 1 aliphatic heterocycles. The first-order valence-corrected chi connectivity index (χ1v) is 8.15. The van der Waals surface area contributed by atoms with Crippen molar-refractivity contribution in [3.63, 3.8) is 0 Å². The number of amides is 1. The van der Waals surface area contributed by atoms with Crippen molar-refractivity contribution < 1.29 is 9.53 Å². The molecule has 2 rings (SSSR count). The number of benzene rings is 1. The molecule has 1 amide bonds. The second-order valence-corrected chi connectivity index (χ2v) is 7.18. The van der Waals surface area contributed by atoms with Gasteiger partial charge in [-0.3, -0.25) is 4.79 Å². The van der Waals surface area contributed by atoms with Gasteiger partial charge in [-0.25, -0.2) is 0 Å². The van der Waals surface area contributed by atoms with Crippen LogP contribution in [0, 0.1) is 5.41 Å². The van der Waals surface area contributed by atoms with Crippen molar-refractivity contribution in [2.24, 2.45) is 11.1 Å². The molecule has 1 fully saturated rings. The predicted octanol–water partition coefficient (Wildman–Crippen LogP) is 2.53. The predicted molar refractivity (Wildman–Crippen MR) is 88.9 cm³/mol. The fourth-order valence-corrected chi connectivity index (χ4v) is 2.99. The Morgan fingerprint density at radius 2 is 2.23 bits per heavy atom. The van der Waals surface area contributed by atoms with Gasteiger partial charge in [-0.2, -0.15) is 0 Å². The Morgan fingerprint density at radius 3 is 2.86 bits per heavy atom. The van der Waals surface area contributed by atoms with E-state index in [-0.39, 0.29) is 23.5 Å². The third kappa shape index (κ3) is 4.97. The molecule has 0 bridgehead atoms. The minimum Gasteiger partial charge on any atom is -0.364 e. The Balaban J connectivity index is 1.83. The number of rotatable bonds is 6. The third-order valence-corrected chi connectivity index (χ3v) is 4.21. The summed E-state index contributed by atoms with van der Waals surface area (Å²) in [6, 6.07) is 7.84. The standard InChI is InChI=1S/C17H25ClN2O2/c1-17(2,9-12-4-3-5-13(18)8-12)11-20-16(21)15-7-6-14(10-19)22-15/h3-5,8,14-15H,6-7,9-11,19H2,1-2H3,(H,20,21)/t14-,15+/m1/s1. The van der Waals surface area contributed by atoms with Gasteiger partial charge < -0.3 is 15.8 Å². The Bertz CT molecular complexity index is 519. The number of ether oxygens (including phenoxy) is 1. The van der Waals surface area contributed by atoms with E-state index in [0.717, 1.165) is 24.3 Å². The van der Waals surface area contributed by atoms with Gasteiger partial charge in [-0.1, -0.05) is 37.6 Å². The van der Waals surface area contributed by atoms with Crippen molar-refractivity contribution >= 4 is 17.5 Å². The summed E-state index contributed by atoms with van der Waals surface area (Å²) in [5, 5.41) is 3.75. The van der Waals surface area contributed by atoms with Crippen LogP contribution in [-0.2, 0) is 16.0 Å². The first kappa shape index (κ1) is 17.3. The maximum Gasteiger partial charge on any atom is 0.249 e. The van der Waals surface area contributed by atoms with Gasteiger partial charge in [-0.15, -0.1) is 0 Å². The number of halogens is 1. The van der Waals surface area contributed by atoms with Gasteiger partial charge in [-0.05, 0) is 42.4 Å². The minimum absolute atomic E-state index is 0.0234. The molecule has 1 aromatic carbocycles. The quantitative estimate of drug-likeness (QED) is 0.845. The molecule has 1 heterocycles. The molecule has 0 saturated carbocycles. The van der Waals surface area contributed by atoms with E-state index < -0.39 is 0 Å². The summed E-state index contributed by atoms with van der Waals surface area (Å²) in [6.07, 6.45) is 2.14. The first-order chi connectivity index (χ1) is 10.4. The van der Waals surface area contributed by atoms with E-state index in [1.165, 1.54) is 5.56 Å². The highest BCUT2D eigenvalue weighted by molar-refractivity contribution is 6.30. The third-order valence-electron chi connectivity index (χ3n) is 3.98. The van der Waals surface area contributed by atoms with Crippen LogP contribution in [0.2, 0.25) is 5.02 Å².